The Hall–Kier alpha value is -3.74. The lowest BCUT2D eigenvalue weighted by Gasteiger charge is -2.30. The van der Waals surface area contributed by atoms with Crippen molar-refractivity contribution in [2.45, 2.75) is 45.2 Å². The number of hydrogen-bond acceptors (Lipinski definition) is 5. The zero-order valence-electron chi connectivity index (χ0n) is 22.1. The van der Waals surface area contributed by atoms with Gasteiger partial charge in [-0.3, -0.25) is 9.59 Å². The van der Waals surface area contributed by atoms with Crippen molar-refractivity contribution in [3.05, 3.63) is 83.8 Å². The molecule has 0 aliphatic heterocycles. The first-order chi connectivity index (χ1) is 17.9. The van der Waals surface area contributed by atoms with Crippen molar-refractivity contribution in [1.82, 2.24) is 9.80 Å². The van der Waals surface area contributed by atoms with E-state index in [1.807, 2.05) is 62.4 Å². The first kappa shape index (κ1) is 26.3. The number of amides is 2. The number of carbonyl (C=O) groups excluding carboxylic acids is 2. The topological polar surface area (TPSA) is 72.2 Å². The Morgan fingerprint density at radius 3 is 2.41 bits per heavy atom. The Kier molecular flexibility index (Phi) is 8.54. The summed E-state index contributed by atoms with van der Waals surface area (Å²) in [6.45, 7) is 4.79. The van der Waals surface area contributed by atoms with Gasteiger partial charge in [0, 0.05) is 18.5 Å². The van der Waals surface area contributed by atoms with Gasteiger partial charge in [-0.1, -0.05) is 36.4 Å². The average Bonchev–Trinajstić information content (AvgIpc) is 3.56. The summed E-state index contributed by atoms with van der Waals surface area (Å²) in [5.74, 6) is 2.13. The SMILES string of the molecule is COc1ccc(CCN(Cc2ccco2)C(=O)CN(C(=O)C2C[C@H]2c2ccccc2)C(C)C)cc1OC. The molecule has 0 N–H and O–H groups in total. The molecular formula is C30H36N2O5. The molecule has 0 spiro atoms. The molecule has 2 amide bonds. The summed E-state index contributed by atoms with van der Waals surface area (Å²) < 4.78 is 16.3. The van der Waals surface area contributed by atoms with Crippen LogP contribution in [-0.2, 0) is 22.6 Å². The highest BCUT2D eigenvalue weighted by Gasteiger charge is 2.46. The lowest BCUT2D eigenvalue weighted by atomic mass is 10.1. The predicted molar refractivity (Wildman–Crippen MR) is 142 cm³/mol. The number of carbonyl (C=O) groups is 2. The highest BCUT2D eigenvalue weighted by molar-refractivity contribution is 5.88. The van der Waals surface area contributed by atoms with Crippen molar-refractivity contribution in [2.24, 2.45) is 5.92 Å². The van der Waals surface area contributed by atoms with E-state index >= 15 is 0 Å². The molecule has 1 aromatic heterocycles. The molecule has 1 saturated carbocycles. The van der Waals surface area contributed by atoms with E-state index in [1.165, 1.54) is 5.56 Å². The Morgan fingerprint density at radius 1 is 1.00 bits per heavy atom. The molecule has 0 radical (unpaired) electrons. The number of hydrogen-bond donors (Lipinski definition) is 0. The van der Waals surface area contributed by atoms with E-state index in [1.54, 1.807) is 30.3 Å². The van der Waals surface area contributed by atoms with E-state index in [0.29, 0.717) is 36.8 Å². The maximum absolute atomic E-state index is 13.6. The second-order valence-electron chi connectivity index (χ2n) is 9.75. The van der Waals surface area contributed by atoms with Crippen molar-refractivity contribution in [2.75, 3.05) is 27.3 Å². The number of ether oxygens (including phenoxy) is 2. The van der Waals surface area contributed by atoms with Gasteiger partial charge in [0.25, 0.3) is 0 Å². The second-order valence-corrected chi connectivity index (χ2v) is 9.75. The Labute approximate surface area is 219 Å². The highest BCUT2D eigenvalue weighted by Crippen LogP contribution is 2.48. The summed E-state index contributed by atoms with van der Waals surface area (Å²) in [5.41, 5.74) is 2.21. The molecule has 4 rings (SSSR count). The third-order valence-electron chi connectivity index (χ3n) is 6.95. The standard InChI is InChI=1S/C30H36N2O5/c1-21(2)32(30(34)26-18-25(26)23-9-6-5-7-10-23)20-29(33)31(19-24-11-8-16-37-24)15-14-22-12-13-27(35-3)28(17-22)36-4/h5-13,16-17,21,25-26H,14-15,18-20H2,1-4H3/t25-,26?/m0/s1. The monoisotopic (exact) mass is 504 g/mol. The molecular weight excluding hydrogens is 468 g/mol. The van der Waals surface area contributed by atoms with Crippen LogP contribution < -0.4 is 9.47 Å². The van der Waals surface area contributed by atoms with Crippen molar-refractivity contribution in [3.8, 4) is 11.5 Å². The largest absolute Gasteiger partial charge is 0.493 e. The van der Waals surface area contributed by atoms with E-state index in [0.717, 1.165) is 12.0 Å². The smallest absolute Gasteiger partial charge is 0.242 e. The molecule has 0 saturated heterocycles. The normalized spacial score (nSPS) is 16.4. The quantitative estimate of drug-likeness (QED) is 0.351. The summed E-state index contributed by atoms with van der Waals surface area (Å²) in [6, 6.07) is 19.5. The molecule has 0 bridgehead atoms. The fraction of sp³-hybridized carbons (Fsp3) is 0.400. The van der Waals surface area contributed by atoms with Gasteiger partial charge in [-0.15, -0.1) is 0 Å². The van der Waals surface area contributed by atoms with Crippen LogP contribution in [0, 0.1) is 5.92 Å². The van der Waals surface area contributed by atoms with Crippen molar-refractivity contribution >= 4 is 11.8 Å². The highest BCUT2D eigenvalue weighted by atomic mass is 16.5. The lowest BCUT2D eigenvalue weighted by Crippen LogP contribution is -2.46. The summed E-state index contributed by atoms with van der Waals surface area (Å²) in [7, 11) is 3.21. The fourth-order valence-electron chi connectivity index (χ4n) is 4.69. The van der Waals surface area contributed by atoms with E-state index in [-0.39, 0.29) is 36.2 Å². The van der Waals surface area contributed by atoms with E-state index in [2.05, 4.69) is 12.1 Å². The van der Waals surface area contributed by atoms with Crippen LogP contribution in [0.25, 0.3) is 0 Å². The summed E-state index contributed by atoms with van der Waals surface area (Å²) in [5, 5.41) is 0. The summed E-state index contributed by atoms with van der Waals surface area (Å²) >= 11 is 0. The average molecular weight is 505 g/mol. The number of nitrogens with zero attached hydrogens (tertiary/aromatic N) is 2. The van der Waals surface area contributed by atoms with Gasteiger partial charge in [0.15, 0.2) is 11.5 Å². The van der Waals surface area contributed by atoms with Crippen molar-refractivity contribution < 1.29 is 23.5 Å². The van der Waals surface area contributed by atoms with Crippen molar-refractivity contribution in [3.63, 3.8) is 0 Å². The Balaban J connectivity index is 1.45. The van der Waals surface area contributed by atoms with Gasteiger partial charge in [-0.05, 0) is 68.0 Å². The van der Waals surface area contributed by atoms with Crippen LogP contribution in [0.1, 0.15) is 43.1 Å². The Bertz CT molecular complexity index is 1180. The molecule has 1 unspecified atom stereocenters. The number of furan rings is 1. The minimum absolute atomic E-state index is 0.0428. The molecule has 7 heteroatoms. The minimum Gasteiger partial charge on any atom is -0.493 e. The van der Waals surface area contributed by atoms with Gasteiger partial charge in [0.2, 0.25) is 11.8 Å². The first-order valence-corrected chi connectivity index (χ1v) is 12.8. The zero-order valence-corrected chi connectivity index (χ0v) is 22.1. The van der Waals surface area contributed by atoms with Crippen molar-refractivity contribution in [1.29, 1.82) is 0 Å². The molecule has 1 heterocycles. The zero-order chi connectivity index (χ0) is 26.4. The lowest BCUT2D eigenvalue weighted by molar-refractivity contribution is -0.143. The van der Waals surface area contributed by atoms with E-state index in [9.17, 15) is 9.59 Å². The predicted octanol–water partition coefficient (Wildman–Crippen LogP) is 4.91. The molecule has 2 aromatic carbocycles. The number of benzene rings is 2. The molecule has 1 aliphatic rings. The van der Waals surface area contributed by atoms with Gasteiger partial charge in [-0.25, -0.2) is 0 Å². The van der Waals surface area contributed by atoms with Crippen LogP contribution in [0.5, 0.6) is 11.5 Å². The molecule has 3 aromatic rings. The van der Waals surface area contributed by atoms with E-state index in [4.69, 9.17) is 13.9 Å². The maximum Gasteiger partial charge on any atom is 0.242 e. The number of rotatable bonds is 12. The van der Waals surface area contributed by atoms with E-state index < -0.39 is 0 Å². The Morgan fingerprint density at radius 2 is 1.76 bits per heavy atom. The maximum atomic E-state index is 13.6. The summed E-state index contributed by atoms with van der Waals surface area (Å²) in [6.07, 6.45) is 3.06. The van der Waals surface area contributed by atoms with Crippen LogP contribution in [0.4, 0.5) is 0 Å². The van der Waals surface area contributed by atoms with Gasteiger partial charge >= 0.3 is 0 Å². The number of methoxy groups -OCH3 is 2. The van der Waals surface area contributed by atoms with Crippen LogP contribution in [0.3, 0.4) is 0 Å². The molecule has 7 nitrogen and oxygen atoms in total. The molecule has 37 heavy (non-hydrogen) atoms. The van der Waals surface area contributed by atoms with Gasteiger partial charge < -0.3 is 23.7 Å². The van der Waals surface area contributed by atoms with Gasteiger partial charge in [0.1, 0.15) is 5.76 Å². The molecule has 1 fully saturated rings. The third kappa shape index (κ3) is 6.53. The van der Waals surface area contributed by atoms with Crippen LogP contribution >= 0.6 is 0 Å². The fourth-order valence-corrected chi connectivity index (χ4v) is 4.69. The van der Waals surface area contributed by atoms with Crippen LogP contribution in [0.15, 0.2) is 71.3 Å². The summed E-state index contributed by atoms with van der Waals surface area (Å²) in [4.78, 5) is 30.5. The molecule has 1 aliphatic carbocycles. The first-order valence-electron chi connectivity index (χ1n) is 12.8. The molecule has 196 valence electrons. The van der Waals surface area contributed by atoms with Gasteiger partial charge in [0.05, 0.1) is 33.6 Å². The van der Waals surface area contributed by atoms with Crippen LogP contribution in [-0.4, -0.2) is 55.0 Å². The van der Waals surface area contributed by atoms with Gasteiger partial charge in [-0.2, -0.15) is 0 Å². The molecule has 2 atom stereocenters. The minimum atomic E-state index is -0.101. The second kappa shape index (κ2) is 12.0. The van der Waals surface area contributed by atoms with Crippen LogP contribution in [0.2, 0.25) is 0 Å². The third-order valence-corrected chi connectivity index (χ3v) is 6.95.